The van der Waals surface area contributed by atoms with Crippen LogP contribution in [0.15, 0.2) is 71.9 Å². The van der Waals surface area contributed by atoms with Crippen molar-refractivity contribution in [1.82, 2.24) is 19.3 Å². The number of nitrogens with one attached hydrogen (secondary N) is 2. The molecule has 0 saturated carbocycles. The molecule has 5 rings (SSSR count). The van der Waals surface area contributed by atoms with E-state index in [1.165, 1.54) is 3.97 Å². The first-order chi connectivity index (χ1) is 15.5. The lowest BCUT2D eigenvalue weighted by atomic mass is 10.1. The zero-order valence-electron chi connectivity index (χ0n) is 17.2. The van der Waals surface area contributed by atoms with Gasteiger partial charge in [-0.2, -0.15) is 0 Å². The Balaban J connectivity index is 1.62. The smallest absolute Gasteiger partial charge is 0.268 e. The van der Waals surface area contributed by atoms with E-state index in [4.69, 9.17) is 11.6 Å². The average Bonchev–Trinajstić information content (AvgIpc) is 3.22. The van der Waals surface area contributed by atoms with Crippen LogP contribution in [0.25, 0.3) is 22.2 Å². The van der Waals surface area contributed by atoms with E-state index < -0.39 is 10.0 Å². The predicted molar refractivity (Wildman–Crippen MR) is 127 cm³/mol. The second-order valence-electron chi connectivity index (χ2n) is 7.75. The highest BCUT2D eigenvalue weighted by molar-refractivity contribution is 7.90. The first-order valence-corrected chi connectivity index (χ1v) is 12.3. The number of nitrogens with zero attached hydrogens (tertiary/aromatic N) is 3. The topological polar surface area (TPSA) is 88.9 Å². The van der Waals surface area contributed by atoms with Gasteiger partial charge in [0.25, 0.3) is 10.0 Å². The molecular weight excluding hydrogens is 446 g/mol. The Labute approximate surface area is 191 Å². The van der Waals surface area contributed by atoms with E-state index in [-0.39, 0.29) is 10.9 Å². The first kappa shape index (κ1) is 20.9. The van der Waals surface area contributed by atoms with Crippen LogP contribution in [0.5, 0.6) is 0 Å². The maximum absolute atomic E-state index is 13.4. The second kappa shape index (κ2) is 8.54. The lowest BCUT2D eigenvalue weighted by Gasteiger charge is -2.23. The summed E-state index contributed by atoms with van der Waals surface area (Å²) in [4.78, 5) is 9.22. The van der Waals surface area contributed by atoms with Crippen LogP contribution in [-0.4, -0.2) is 41.5 Å². The molecule has 1 saturated heterocycles. The van der Waals surface area contributed by atoms with Gasteiger partial charge >= 0.3 is 0 Å². The summed E-state index contributed by atoms with van der Waals surface area (Å²) < 4.78 is 28.1. The van der Waals surface area contributed by atoms with Gasteiger partial charge in [0.1, 0.15) is 0 Å². The van der Waals surface area contributed by atoms with Gasteiger partial charge in [-0.1, -0.05) is 48.0 Å². The molecule has 9 heteroatoms. The predicted octanol–water partition coefficient (Wildman–Crippen LogP) is 4.15. The third-order valence-corrected chi connectivity index (χ3v) is 7.57. The van der Waals surface area contributed by atoms with Crippen LogP contribution >= 0.6 is 11.6 Å². The maximum Gasteiger partial charge on any atom is 0.268 e. The Bertz CT molecular complexity index is 1370. The van der Waals surface area contributed by atoms with Gasteiger partial charge in [-0.3, -0.25) is 0 Å². The molecule has 1 unspecified atom stereocenters. The van der Waals surface area contributed by atoms with E-state index in [2.05, 4.69) is 20.6 Å². The molecule has 2 aromatic heterocycles. The molecule has 32 heavy (non-hydrogen) atoms. The number of benzene rings is 2. The van der Waals surface area contributed by atoms with Gasteiger partial charge in [-0.15, -0.1) is 0 Å². The van der Waals surface area contributed by atoms with Crippen molar-refractivity contribution in [1.29, 1.82) is 0 Å². The van der Waals surface area contributed by atoms with Crippen LogP contribution in [-0.2, 0) is 10.0 Å². The molecule has 3 heterocycles. The summed E-state index contributed by atoms with van der Waals surface area (Å²) in [7, 11) is -3.79. The summed E-state index contributed by atoms with van der Waals surface area (Å²) in [6.07, 6.45) is 5.26. The van der Waals surface area contributed by atoms with Gasteiger partial charge in [0.15, 0.2) is 0 Å². The highest BCUT2D eigenvalue weighted by Gasteiger charge is 2.23. The van der Waals surface area contributed by atoms with E-state index in [1.807, 2.05) is 18.2 Å². The fraction of sp³-hybridized carbons (Fsp3) is 0.217. The maximum atomic E-state index is 13.4. The minimum atomic E-state index is -3.79. The number of hydrogen-bond donors (Lipinski definition) is 2. The Morgan fingerprint density at radius 2 is 1.88 bits per heavy atom. The Morgan fingerprint density at radius 1 is 1.09 bits per heavy atom. The Morgan fingerprint density at radius 3 is 2.66 bits per heavy atom. The number of anilines is 1. The number of para-hydroxylation sites is 1. The SMILES string of the molecule is O=S(=O)(c1ccccc1)n1cc(-c2nc(NC3CCCNC3)ncc2Cl)c2ccccc21. The molecule has 0 amide bonds. The molecule has 0 spiro atoms. The molecule has 4 aromatic rings. The molecule has 1 aliphatic heterocycles. The number of fused-ring (bicyclic) bond motifs is 1. The van der Waals surface area contributed by atoms with E-state index in [0.717, 1.165) is 31.3 Å². The molecule has 164 valence electrons. The molecule has 1 aliphatic rings. The van der Waals surface area contributed by atoms with Crippen molar-refractivity contribution in [3.05, 3.63) is 72.0 Å². The van der Waals surface area contributed by atoms with Crippen molar-refractivity contribution in [2.24, 2.45) is 0 Å². The molecule has 7 nitrogen and oxygen atoms in total. The highest BCUT2D eigenvalue weighted by Crippen LogP contribution is 2.35. The summed E-state index contributed by atoms with van der Waals surface area (Å²) in [6, 6.07) is 15.9. The van der Waals surface area contributed by atoms with Crippen molar-refractivity contribution in [2.45, 2.75) is 23.8 Å². The molecular formula is C23H22ClN5O2S. The number of aromatic nitrogens is 3. The summed E-state index contributed by atoms with van der Waals surface area (Å²) in [6.45, 7) is 1.86. The van der Waals surface area contributed by atoms with E-state index in [9.17, 15) is 8.42 Å². The van der Waals surface area contributed by atoms with Crippen LogP contribution in [0.1, 0.15) is 12.8 Å². The number of piperidine rings is 1. The molecule has 0 radical (unpaired) electrons. The summed E-state index contributed by atoms with van der Waals surface area (Å²) in [5, 5.41) is 7.83. The number of halogens is 1. The lowest BCUT2D eigenvalue weighted by Crippen LogP contribution is -2.38. The van der Waals surface area contributed by atoms with Crippen LogP contribution in [0, 0.1) is 0 Å². The molecule has 2 aromatic carbocycles. The van der Waals surface area contributed by atoms with Crippen LogP contribution in [0.3, 0.4) is 0 Å². The van der Waals surface area contributed by atoms with Crippen molar-refractivity contribution in [3.63, 3.8) is 0 Å². The Kier molecular flexibility index (Phi) is 5.58. The quantitative estimate of drug-likeness (QED) is 0.458. The molecule has 1 atom stereocenters. The largest absolute Gasteiger partial charge is 0.350 e. The fourth-order valence-corrected chi connectivity index (χ4v) is 5.61. The van der Waals surface area contributed by atoms with Crippen LogP contribution in [0.4, 0.5) is 5.95 Å². The van der Waals surface area contributed by atoms with Gasteiger partial charge in [-0.05, 0) is 37.6 Å². The van der Waals surface area contributed by atoms with E-state index >= 15 is 0 Å². The van der Waals surface area contributed by atoms with Gasteiger partial charge in [0, 0.05) is 29.7 Å². The van der Waals surface area contributed by atoms with Gasteiger partial charge in [-0.25, -0.2) is 22.4 Å². The number of hydrogen-bond acceptors (Lipinski definition) is 6. The summed E-state index contributed by atoms with van der Waals surface area (Å²) in [5.41, 5.74) is 1.69. The van der Waals surface area contributed by atoms with Crippen LogP contribution < -0.4 is 10.6 Å². The molecule has 2 N–H and O–H groups in total. The van der Waals surface area contributed by atoms with Gasteiger partial charge in [0.05, 0.1) is 27.3 Å². The Hall–Kier alpha value is -2.94. The van der Waals surface area contributed by atoms with Crippen LogP contribution in [0.2, 0.25) is 5.02 Å². The lowest BCUT2D eigenvalue weighted by molar-refractivity contribution is 0.478. The minimum absolute atomic E-state index is 0.216. The second-order valence-corrected chi connectivity index (χ2v) is 9.97. The van der Waals surface area contributed by atoms with E-state index in [1.54, 1.807) is 48.8 Å². The van der Waals surface area contributed by atoms with Crippen molar-refractivity contribution in [3.8, 4) is 11.3 Å². The molecule has 1 fully saturated rings. The zero-order valence-corrected chi connectivity index (χ0v) is 18.8. The third-order valence-electron chi connectivity index (χ3n) is 5.61. The van der Waals surface area contributed by atoms with Gasteiger partial charge < -0.3 is 10.6 Å². The molecule has 0 bridgehead atoms. The average molecular weight is 468 g/mol. The normalized spacial score (nSPS) is 16.8. The standard InChI is InChI=1S/C23H22ClN5O2S/c24-20-14-26-23(27-16-7-6-12-25-13-16)28-22(20)19-15-29(21-11-5-4-10-18(19)21)32(30,31)17-8-2-1-3-9-17/h1-5,8-11,14-16,25H,6-7,12-13H2,(H,26,27,28). The van der Waals surface area contributed by atoms with E-state index in [0.29, 0.717) is 27.7 Å². The number of rotatable bonds is 5. The van der Waals surface area contributed by atoms with Crippen molar-refractivity contribution in [2.75, 3.05) is 18.4 Å². The van der Waals surface area contributed by atoms with Gasteiger partial charge in [0.2, 0.25) is 5.95 Å². The first-order valence-electron chi connectivity index (χ1n) is 10.4. The fourth-order valence-electron chi connectivity index (χ4n) is 4.03. The minimum Gasteiger partial charge on any atom is -0.350 e. The third kappa shape index (κ3) is 3.85. The zero-order chi connectivity index (χ0) is 22.1. The van der Waals surface area contributed by atoms with Crippen molar-refractivity contribution >= 4 is 38.5 Å². The summed E-state index contributed by atoms with van der Waals surface area (Å²) in [5.74, 6) is 0.473. The van der Waals surface area contributed by atoms with Crippen molar-refractivity contribution < 1.29 is 8.42 Å². The monoisotopic (exact) mass is 467 g/mol. The highest BCUT2D eigenvalue weighted by atomic mass is 35.5. The molecule has 0 aliphatic carbocycles. The summed E-state index contributed by atoms with van der Waals surface area (Å²) >= 11 is 6.49.